The van der Waals surface area contributed by atoms with Crippen LogP contribution in [0.1, 0.15) is 57.8 Å². The smallest absolute Gasteiger partial charge is 0.290 e. The third-order valence-electron chi connectivity index (χ3n) is 6.00. The topological polar surface area (TPSA) is 105 Å². The summed E-state index contributed by atoms with van der Waals surface area (Å²) in [6.45, 7) is 9.31. The molecule has 0 aliphatic carbocycles. The van der Waals surface area contributed by atoms with Gasteiger partial charge in [0.2, 0.25) is 0 Å². The van der Waals surface area contributed by atoms with E-state index in [0.29, 0.717) is 23.3 Å². The van der Waals surface area contributed by atoms with Gasteiger partial charge in [0.05, 0.1) is 16.7 Å². The van der Waals surface area contributed by atoms with E-state index in [0.717, 1.165) is 48.9 Å². The maximum Gasteiger partial charge on any atom is 0.290 e. The van der Waals surface area contributed by atoms with E-state index in [-0.39, 0.29) is 24.0 Å². The monoisotopic (exact) mass is 446 g/mol. The van der Waals surface area contributed by atoms with Crippen LogP contribution in [0.5, 0.6) is 0 Å². The number of hydrogen-bond acceptors (Lipinski definition) is 6. The van der Waals surface area contributed by atoms with Crippen LogP contribution in [-0.2, 0) is 4.79 Å². The average molecular weight is 447 g/mol. The molecule has 168 valence electrons. The number of nitrogens with one attached hydrogen (secondary N) is 1. The largest absolute Gasteiger partial charge is 0.483 e. The Balaban J connectivity index is 0.000000858. The van der Waals surface area contributed by atoms with Crippen molar-refractivity contribution in [2.75, 3.05) is 26.2 Å². The number of hydrogen-bond donors (Lipinski definition) is 2. The number of carbonyl (C=O) groups is 2. The van der Waals surface area contributed by atoms with Crippen molar-refractivity contribution in [2.24, 2.45) is 5.92 Å². The molecule has 2 aromatic rings. The van der Waals surface area contributed by atoms with Crippen LogP contribution in [0.15, 0.2) is 23.0 Å². The summed E-state index contributed by atoms with van der Waals surface area (Å²) in [5, 5.41) is 10.9. The third kappa shape index (κ3) is 5.04. The molecule has 1 saturated heterocycles. The highest BCUT2D eigenvalue weighted by Gasteiger charge is 2.40. The van der Waals surface area contributed by atoms with Crippen LogP contribution in [0.2, 0.25) is 0 Å². The van der Waals surface area contributed by atoms with Crippen molar-refractivity contribution in [3.05, 3.63) is 49.8 Å². The average Bonchev–Trinajstić information content (AvgIpc) is 3.07. The van der Waals surface area contributed by atoms with E-state index in [1.54, 1.807) is 6.07 Å². The Morgan fingerprint density at radius 2 is 2.10 bits per heavy atom. The Morgan fingerprint density at radius 3 is 2.74 bits per heavy atom. The van der Waals surface area contributed by atoms with Crippen molar-refractivity contribution in [3.63, 3.8) is 0 Å². The van der Waals surface area contributed by atoms with Crippen LogP contribution >= 0.6 is 11.3 Å². The summed E-state index contributed by atoms with van der Waals surface area (Å²) in [5.74, 6) is 0.692. The van der Waals surface area contributed by atoms with Gasteiger partial charge in [-0.1, -0.05) is 13.0 Å². The third-order valence-corrected chi connectivity index (χ3v) is 7.07. The van der Waals surface area contributed by atoms with E-state index in [2.05, 4.69) is 28.2 Å². The summed E-state index contributed by atoms with van der Waals surface area (Å²) < 4.78 is 1.95. The summed E-state index contributed by atoms with van der Waals surface area (Å²) in [7, 11) is 0. The second kappa shape index (κ2) is 10.2. The first-order valence-electron chi connectivity index (χ1n) is 10.6. The first-order chi connectivity index (χ1) is 14.9. The molecule has 2 bridgehead atoms. The predicted molar refractivity (Wildman–Crippen MR) is 120 cm³/mol. The molecule has 0 spiro atoms. The Kier molecular flexibility index (Phi) is 7.61. The van der Waals surface area contributed by atoms with Crippen LogP contribution in [0.25, 0.3) is 0 Å². The van der Waals surface area contributed by atoms with Gasteiger partial charge in [0.1, 0.15) is 4.88 Å². The molecule has 1 fully saturated rings. The first kappa shape index (κ1) is 23.1. The second-order valence-electron chi connectivity index (χ2n) is 8.14. The number of carboxylic acid groups (broad SMARTS) is 1. The molecular weight excluding hydrogens is 416 g/mol. The summed E-state index contributed by atoms with van der Waals surface area (Å²) >= 11 is 1.42. The molecule has 9 heteroatoms. The fourth-order valence-corrected chi connectivity index (χ4v) is 5.75. The minimum atomic E-state index is -0.250. The molecule has 1 amide bonds. The number of piperidine rings is 1. The lowest BCUT2D eigenvalue weighted by Gasteiger charge is -2.47. The van der Waals surface area contributed by atoms with Gasteiger partial charge < -0.3 is 19.9 Å². The molecule has 8 nitrogen and oxygen atoms in total. The van der Waals surface area contributed by atoms with Gasteiger partial charge in [0.25, 0.3) is 17.9 Å². The summed E-state index contributed by atoms with van der Waals surface area (Å²) in [4.78, 5) is 41.3. The highest BCUT2D eigenvalue weighted by Crippen LogP contribution is 2.40. The number of carbonyl (C=O) groups excluding carboxylic acids is 1. The van der Waals surface area contributed by atoms with E-state index >= 15 is 0 Å². The minimum Gasteiger partial charge on any atom is -0.483 e. The number of pyridine rings is 1. The Bertz CT molecular complexity index is 986. The molecule has 4 heterocycles. The number of amides is 1. The summed E-state index contributed by atoms with van der Waals surface area (Å²) in [6, 6.07) is 5.59. The van der Waals surface area contributed by atoms with E-state index in [1.165, 1.54) is 11.3 Å². The zero-order valence-electron chi connectivity index (χ0n) is 18.2. The van der Waals surface area contributed by atoms with E-state index < -0.39 is 0 Å². The van der Waals surface area contributed by atoms with Crippen LogP contribution in [0, 0.1) is 19.8 Å². The number of aryl methyl sites for hydroxylation is 2. The highest BCUT2D eigenvalue weighted by atomic mass is 32.1. The standard InChI is InChI=1S/C21H28N4O2S.CH2O2/c1-4-8-24-11-15-9-16(12-24)18(25-17(15)6-5-7-19(25)26)10-22-21(27)20-13(2)23-14(3)28-20;2-1-3/h5-7,15-16,18H,4,8-12H2,1-3H3,(H,22,27);1H,(H,2,3)/t15-,16+,18+;/m1./s1. The Morgan fingerprint density at radius 1 is 1.35 bits per heavy atom. The van der Waals surface area contributed by atoms with Crippen molar-refractivity contribution in [3.8, 4) is 0 Å². The number of nitrogens with zero attached hydrogens (tertiary/aromatic N) is 3. The minimum absolute atomic E-state index is 0.00196. The summed E-state index contributed by atoms with van der Waals surface area (Å²) in [6.07, 6.45) is 2.22. The van der Waals surface area contributed by atoms with Crippen molar-refractivity contribution in [1.82, 2.24) is 19.8 Å². The maximum absolute atomic E-state index is 12.7. The molecule has 31 heavy (non-hydrogen) atoms. The molecule has 2 aliphatic rings. The van der Waals surface area contributed by atoms with Gasteiger partial charge in [-0.25, -0.2) is 4.98 Å². The lowest BCUT2D eigenvalue weighted by molar-refractivity contribution is -0.122. The number of thiazole rings is 1. The van der Waals surface area contributed by atoms with Crippen molar-refractivity contribution < 1.29 is 14.7 Å². The number of rotatable bonds is 5. The quantitative estimate of drug-likeness (QED) is 0.684. The fourth-order valence-electron chi connectivity index (χ4n) is 4.92. The number of likely N-dealkylation sites (tertiary alicyclic amines) is 1. The SMILES string of the molecule is CCCN1C[C@H]2C[C@@H](C1)[C@H](CNC(=O)c1sc(C)nc1C)n1c2cccc1=O.O=CO. The lowest BCUT2D eigenvalue weighted by Crippen LogP contribution is -2.52. The summed E-state index contributed by atoms with van der Waals surface area (Å²) in [5.41, 5.74) is 1.93. The molecule has 3 atom stereocenters. The fraction of sp³-hybridized carbons (Fsp3) is 0.545. The van der Waals surface area contributed by atoms with Gasteiger partial charge in [-0.05, 0) is 45.2 Å². The number of fused-ring (bicyclic) bond motifs is 4. The second-order valence-corrected chi connectivity index (χ2v) is 9.34. The van der Waals surface area contributed by atoms with Gasteiger partial charge in [-0.3, -0.25) is 14.4 Å². The Labute approximate surface area is 185 Å². The Hall–Kier alpha value is -2.52. The normalized spacial score (nSPS) is 22.1. The van der Waals surface area contributed by atoms with Crippen LogP contribution < -0.4 is 10.9 Å². The molecule has 2 aromatic heterocycles. The molecule has 2 aliphatic heterocycles. The van der Waals surface area contributed by atoms with E-state index in [4.69, 9.17) is 9.90 Å². The van der Waals surface area contributed by atoms with Crippen molar-refractivity contribution in [2.45, 2.75) is 45.6 Å². The molecular formula is C22H30N4O4S. The molecule has 0 radical (unpaired) electrons. The maximum atomic E-state index is 12.7. The predicted octanol–water partition coefficient (Wildman–Crippen LogP) is 2.42. The van der Waals surface area contributed by atoms with Gasteiger partial charge in [-0.15, -0.1) is 11.3 Å². The zero-order chi connectivity index (χ0) is 22.5. The van der Waals surface area contributed by atoms with Crippen molar-refractivity contribution in [1.29, 1.82) is 0 Å². The van der Waals surface area contributed by atoms with Gasteiger partial charge in [0, 0.05) is 37.3 Å². The highest BCUT2D eigenvalue weighted by molar-refractivity contribution is 7.13. The molecule has 0 unspecified atom stereocenters. The van der Waals surface area contributed by atoms with Gasteiger partial charge in [-0.2, -0.15) is 0 Å². The molecule has 0 saturated carbocycles. The number of aromatic nitrogens is 2. The zero-order valence-corrected chi connectivity index (χ0v) is 19.0. The van der Waals surface area contributed by atoms with E-state index in [1.807, 2.05) is 24.5 Å². The molecule has 2 N–H and O–H groups in total. The van der Waals surface area contributed by atoms with Crippen LogP contribution in [0.3, 0.4) is 0 Å². The molecule has 0 aromatic carbocycles. The van der Waals surface area contributed by atoms with Gasteiger partial charge >= 0.3 is 0 Å². The van der Waals surface area contributed by atoms with Crippen molar-refractivity contribution >= 4 is 23.7 Å². The van der Waals surface area contributed by atoms with E-state index in [9.17, 15) is 9.59 Å². The lowest BCUT2D eigenvalue weighted by atomic mass is 9.78. The van der Waals surface area contributed by atoms with Crippen LogP contribution in [-0.4, -0.2) is 58.1 Å². The van der Waals surface area contributed by atoms with Crippen LogP contribution in [0.4, 0.5) is 0 Å². The van der Waals surface area contributed by atoms with Gasteiger partial charge in [0.15, 0.2) is 0 Å². The molecule has 4 rings (SSSR count). The first-order valence-corrected chi connectivity index (χ1v) is 11.4.